The van der Waals surface area contributed by atoms with Crippen molar-refractivity contribution in [2.45, 2.75) is 13.1 Å². The molecule has 0 fully saturated rings. The lowest BCUT2D eigenvalue weighted by Crippen LogP contribution is -2.13. The third kappa shape index (κ3) is 3.81. The highest BCUT2D eigenvalue weighted by Gasteiger charge is 2.05. The second kappa shape index (κ2) is 8.53. The first-order chi connectivity index (χ1) is 12.2. The Morgan fingerprint density at radius 2 is 0.923 bits per heavy atom. The van der Waals surface area contributed by atoms with Gasteiger partial charge in [0, 0.05) is 22.0 Å². The lowest BCUT2D eigenvalue weighted by Gasteiger charge is -2.11. The van der Waals surface area contributed by atoms with Crippen molar-refractivity contribution in [3.63, 3.8) is 0 Å². The van der Waals surface area contributed by atoms with Crippen LogP contribution in [0.2, 0.25) is 0 Å². The second-order valence-corrected chi connectivity index (χ2v) is 7.82. The highest BCUT2D eigenvalue weighted by atomic mass is 79.9. The molecule has 0 aliphatic rings. The van der Waals surface area contributed by atoms with Gasteiger partial charge in [0.1, 0.15) is 0 Å². The summed E-state index contributed by atoms with van der Waals surface area (Å²) in [5.74, 6) is 0. The van der Waals surface area contributed by atoms with E-state index in [-0.39, 0.29) is 12.4 Å². The fourth-order valence-electron chi connectivity index (χ4n) is 3.31. The summed E-state index contributed by atoms with van der Waals surface area (Å²) in [7, 11) is 0. The summed E-state index contributed by atoms with van der Waals surface area (Å²) in [5.41, 5.74) is 2.64. The number of hydrogen-bond donors (Lipinski definition) is 1. The van der Waals surface area contributed by atoms with E-state index in [9.17, 15) is 0 Å². The van der Waals surface area contributed by atoms with Crippen molar-refractivity contribution in [2.75, 3.05) is 0 Å². The number of rotatable bonds is 4. The van der Waals surface area contributed by atoms with Gasteiger partial charge in [-0.2, -0.15) is 0 Å². The molecule has 4 heteroatoms. The molecule has 0 unspecified atom stereocenters. The molecule has 0 aliphatic heterocycles. The molecule has 0 aliphatic carbocycles. The van der Waals surface area contributed by atoms with Gasteiger partial charge in [0.25, 0.3) is 0 Å². The quantitative estimate of drug-likeness (QED) is 0.318. The molecular formula is C22H18Br2ClN. The van der Waals surface area contributed by atoms with Crippen LogP contribution in [0.1, 0.15) is 11.1 Å². The molecule has 4 rings (SSSR count). The monoisotopic (exact) mass is 489 g/mol. The Labute approximate surface area is 176 Å². The largest absolute Gasteiger partial charge is 0.309 e. The van der Waals surface area contributed by atoms with Gasteiger partial charge in [-0.15, -0.1) is 12.4 Å². The first-order valence-corrected chi connectivity index (χ1v) is 9.85. The lowest BCUT2D eigenvalue weighted by atomic mass is 10.0. The molecule has 1 nitrogen and oxygen atoms in total. The van der Waals surface area contributed by atoms with E-state index in [4.69, 9.17) is 0 Å². The van der Waals surface area contributed by atoms with Crippen molar-refractivity contribution in [3.8, 4) is 0 Å². The van der Waals surface area contributed by atoms with E-state index in [2.05, 4.69) is 110 Å². The Morgan fingerprint density at radius 1 is 0.538 bits per heavy atom. The molecule has 0 aromatic heterocycles. The van der Waals surface area contributed by atoms with Gasteiger partial charge in [-0.1, -0.05) is 92.5 Å². The first kappa shape index (κ1) is 19.4. The molecule has 0 bridgehead atoms. The van der Waals surface area contributed by atoms with Gasteiger partial charge in [0.2, 0.25) is 0 Å². The summed E-state index contributed by atoms with van der Waals surface area (Å²) in [6.45, 7) is 1.69. The highest BCUT2D eigenvalue weighted by molar-refractivity contribution is 9.11. The zero-order valence-electron chi connectivity index (χ0n) is 14.0. The van der Waals surface area contributed by atoms with Crippen molar-refractivity contribution in [2.24, 2.45) is 0 Å². The van der Waals surface area contributed by atoms with E-state index < -0.39 is 0 Å². The van der Waals surface area contributed by atoms with Crippen molar-refractivity contribution < 1.29 is 0 Å². The molecule has 0 spiro atoms. The minimum atomic E-state index is 0. The lowest BCUT2D eigenvalue weighted by molar-refractivity contribution is 0.700. The molecule has 4 aromatic carbocycles. The maximum absolute atomic E-state index is 3.64. The van der Waals surface area contributed by atoms with Gasteiger partial charge >= 0.3 is 0 Å². The van der Waals surface area contributed by atoms with Gasteiger partial charge < -0.3 is 5.32 Å². The van der Waals surface area contributed by atoms with Gasteiger partial charge in [-0.25, -0.2) is 0 Å². The maximum Gasteiger partial charge on any atom is 0.0253 e. The van der Waals surface area contributed by atoms with E-state index in [0.29, 0.717) is 0 Å². The van der Waals surface area contributed by atoms with Crippen LogP contribution in [0, 0.1) is 0 Å². The third-order valence-electron chi connectivity index (χ3n) is 4.55. The smallest absolute Gasteiger partial charge is 0.0253 e. The fourth-order valence-corrected chi connectivity index (χ4v) is 4.31. The predicted octanol–water partition coefficient (Wildman–Crippen LogP) is 7.23. The Kier molecular flexibility index (Phi) is 6.36. The summed E-state index contributed by atoms with van der Waals surface area (Å²) >= 11 is 7.29. The highest BCUT2D eigenvalue weighted by Crippen LogP contribution is 2.28. The summed E-state index contributed by atoms with van der Waals surface area (Å²) < 4.78 is 2.29. The maximum atomic E-state index is 3.64. The summed E-state index contributed by atoms with van der Waals surface area (Å²) in [6.07, 6.45) is 0. The van der Waals surface area contributed by atoms with Crippen LogP contribution in [0.5, 0.6) is 0 Å². The second-order valence-electron chi connectivity index (χ2n) is 6.11. The van der Waals surface area contributed by atoms with Crippen molar-refractivity contribution >= 4 is 65.8 Å². The van der Waals surface area contributed by atoms with E-state index in [1.54, 1.807) is 0 Å². The molecule has 0 saturated heterocycles. The van der Waals surface area contributed by atoms with Crippen LogP contribution in [-0.4, -0.2) is 0 Å². The van der Waals surface area contributed by atoms with Gasteiger partial charge in [-0.3, -0.25) is 0 Å². The molecule has 0 saturated carbocycles. The van der Waals surface area contributed by atoms with Crippen LogP contribution in [0.3, 0.4) is 0 Å². The molecule has 0 atom stereocenters. The number of halogens is 3. The SMILES string of the molecule is Brc1cccc2c(CNCc3cccc4c(Br)cccc34)cccc12.Cl. The van der Waals surface area contributed by atoms with Crippen LogP contribution in [0.25, 0.3) is 21.5 Å². The van der Waals surface area contributed by atoms with Crippen molar-refractivity contribution in [1.29, 1.82) is 0 Å². The molecule has 132 valence electrons. The van der Waals surface area contributed by atoms with Crippen LogP contribution in [0.4, 0.5) is 0 Å². The van der Waals surface area contributed by atoms with Gasteiger partial charge in [-0.05, 0) is 44.8 Å². The minimum absolute atomic E-state index is 0. The average molecular weight is 492 g/mol. The fraction of sp³-hybridized carbons (Fsp3) is 0.0909. The third-order valence-corrected chi connectivity index (χ3v) is 5.93. The average Bonchev–Trinajstić information content (AvgIpc) is 2.63. The topological polar surface area (TPSA) is 12.0 Å². The predicted molar refractivity (Wildman–Crippen MR) is 121 cm³/mol. The van der Waals surface area contributed by atoms with Crippen LogP contribution < -0.4 is 5.32 Å². The van der Waals surface area contributed by atoms with Crippen molar-refractivity contribution in [1.82, 2.24) is 5.32 Å². The van der Waals surface area contributed by atoms with Crippen LogP contribution >= 0.6 is 44.3 Å². The number of nitrogens with one attached hydrogen (secondary N) is 1. The van der Waals surface area contributed by atoms with E-state index in [0.717, 1.165) is 22.0 Å². The number of hydrogen-bond acceptors (Lipinski definition) is 1. The summed E-state index contributed by atoms with van der Waals surface area (Å²) in [6, 6.07) is 25.7. The molecule has 1 N–H and O–H groups in total. The molecule has 0 amide bonds. The van der Waals surface area contributed by atoms with E-state index in [1.165, 1.54) is 32.7 Å². The van der Waals surface area contributed by atoms with Crippen molar-refractivity contribution in [3.05, 3.63) is 92.9 Å². The Morgan fingerprint density at radius 3 is 1.38 bits per heavy atom. The van der Waals surface area contributed by atoms with E-state index >= 15 is 0 Å². The normalized spacial score (nSPS) is 10.8. The number of fused-ring (bicyclic) bond motifs is 2. The molecule has 4 aromatic rings. The van der Waals surface area contributed by atoms with Gasteiger partial charge in [0.05, 0.1) is 0 Å². The zero-order valence-corrected chi connectivity index (χ0v) is 18.0. The molecule has 0 radical (unpaired) electrons. The van der Waals surface area contributed by atoms with Crippen LogP contribution in [-0.2, 0) is 13.1 Å². The first-order valence-electron chi connectivity index (χ1n) is 8.27. The molecular weight excluding hydrogens is 474 g/mol. The zero-order chi connectivity index (χ0) is 17.2. The number of benzene rings is 4. The minimum Gasteiger partial charge on any atom is -0.309 e. The Hall–Kier alpha value is -1.39. The van der Waals surface area contributed by atoms with E-state index in [1.807, 2.05) is 0 Å². The standard InChI is InChI=1S/C22H17Br2N.ClH/c23-21-11-3-7-17-15(5-1-9-19(17)21)13-25-14-16-6-2-10-20-18(16)8-4-12-22(20)24;/h1-12,25H,13-14H2;1H. The molecule has 0 heterocycles. The Bertz CT molecular complexity index is 977. The summed E-state index contributed by atoms with van der Waals surface area (Å²) in [4.78, 5) is 0. The van der Waals surface area contributed by atoms with Crippen LogP contribution in [0.15, 0.2) is 81.7 Å². The summed E-state index contributed by atoms with van der Waals surface area (Å²) in [5, 5.41) is 8.72. The molecule has 26 heavy (non-hydrogen) atoms. The van der Waals surface area contributed by atoms with Gasteiger partial charge in [0.15, 0.2) is 0 Å². The Balaban J connectivity index is 0.00000196.